The summed E-state index contributed by atoms with van der Waals surface area (Å²) in [6.07, 6.45) is -9.55. The van der Waals surface area contributed by atoms with Gasteiger partial charge in [0.05, 0.1) is 40.2 Å². The Kier molecular flexibility index (Phi) is 27.8. The van der Waals surface area contributed by atoms with Crippen molar-refractivity contribution >= 4 is 73.2 Å². The highest BCUT2D eigenvalue weighted by atomic mass is 32.2. The second-order valence-corrected chi connectivity index (χ2v) is 35.8. The number of alkyl halides is 6. The number of nitrogens with zero attached hydrogens (tertiary/aromatic N) is 15. The maximum Gasteiger partial charge on any atom is 0.470 e. The zero-order valence-corrected chi connectivity index (χ0v) is 63.9. The van der Waals surface area contributed by atoms with Gasteiger partial charge in [-0.3, -0.25) is 0 Å². The number of aryl methyl sites for hydroxylation is 3. The lowest BCUT2D eigenvalue weighted by molar-refractivity contribution is -0.157. The van der Waals surface area contributed by atoms with Gasteiger partial charge in [0, 0.05) is 61.9 Å². The van der Waals surface area contributed by atoms with E-state index in [0.29, 0.717) is 35.0 Å². The van der Waals surface area contributed by atoms with Crippen molar-refractivity contribution < 1.29 is 69.4 Å². The molecule has 0 unspecified atom stereocenters. The first kappa shape index (κ1) is 85.9. The fraction of sp³-hybridized carbons (Fsp3) is 0.629. The second-order valence-electron chi connectivity index (χ2n) is 30.2. The van der Waals surface area contributed by atoms with Gasteiger partial charge in [-0.15, -0.1) is 59.8 Å². The Hall–Kier alpha value is -7.14. The van der Waals surface area contributed by atoms with Gasteiger partial charge in [-0.1, -0.05) is 190 Å². The van der Waals surface area contributed by atoms with E-state index in [-0.39, 0.29) is 43.1 Å². The molecule has 9 rings (SSSR count). The number of benzene rings is 1. The van der Waals surface area contributed by atoms with Crippen molar-refractivity contribution in [2.24, 2.45) is 45.4 Å². The summed E-state index contributed by atoms with van der Waals surface area (Å²) < 4.78 is 176. The van der Waals surface area contributed by atoms with Crippen LogP contribution in [0.3, 0.4) is 0 Å². The predicted octanol–water partition coefficient (Wildman–Crippen LogP) is 15.6. The molecule has 542 valence electrons. The smallest absolute Gasteiger partial charge is 0.425 e. The lowest BCUT2D eigenvalue weighted by Gasteiger charge is -2.17. The molecule has 8 heterocycles. The van der Waals surface area contributed by atoms with Crippen LogP contribution in [0, 0.1) is 37.0 Å². The standard InChI is InChI=1S/C12H14N2O.C8H13NO.C7H9F3N2O2S.C7H9F3N2O.2C7H12N2O2S.C7H12N2O.C7H12N2S/c1-12(2,3)11-14-13-10(15-11)9-7-5-4-6-8-9;1-6-5-7(10-9-6)8(2,3)4;1-6(2,3)4-11-12-5(7(8,9)10)15(4,13)14;1-6(2,3)4-11-12-5(13-4)7(8,9)10;1-5-8-9-6(7(2,3)4)12(5,10)11;1-5-6(7(2,3)4)9-12(10,11)8-5;1-5-8-9-6(10-5)7(2,3)4;1-5-6(7(2,3)4)9-10-8-5/h4-8H,1-3H3;5H,1-4H3;1-3H3;1-3H3;2*1-4H3;2*1-4H3. The SMILES string of the molecule is CC(C)(C)C1=NN=C(C(F)(F)F)S1(=O)=O.CC(C)(C)c1nnc(-c2ccccc2)o1.CC(C)(C)c1nnc(C(F)(F)F)o1.CC1=NN=C(C(C)(C)C)S1(=O)=O.CC1=NS(=O)(=O)N=C1C(C)(C)C.Cc1cc(C(C)(C)C)on1.Cc1nnc(C(C)(C)C)o1.Cc1nsnc1C(C)(C)C. The number of aromatic nitrogens is 9. The van der Waals surface area contributed by atoms with E-state index in [2.05, 4.69) is 140 Å². The van der Waals surface area contributed by atoms with Crippen LogP contribution < -0.4 is 0 Å². The molecule has 0 radical (unpaired) electrons. The summed E-state index contributed by atoms with van der Waals surface area (Å²) in [6.45, 7) is 54.5. The third-order valence-electron chi connectivity index (χ3n) is 12.0. The Morgan fingerprint density at radius 1 is 0.423 bits per heavy atom. The molecule has 5 aromatic heterocycles. The highest BCUT2D eigenvalue weighted by Crippen LogP contribution is 2.34. The zero-order valence-electron chi connectivity index (χ0n) is 60.7. The van der Waals surface area contributed by atoms with Crippen molar-refractivity contribution in [3.8, 4) is 11.5 Å². The molecule has 3 aliphatic rings. The summed E-state index contributed by atoms with van der Waals surface area (Å²) in [6, 6.07) is 11.8. The number of hydrogen-bond acceptors (Lipinski definition) is 24. The van der Waals surface area contributed by atoms with E-state index in [1.807, 2.05) is 91.8 Å². The van der Waals surface area contributed by atoms with Gasteiger partial charge in [-0.05, 0) is 39.8 Å². The molecule has 1 aromatic carbocycles. The van der Waals surface area contributed by atoms with Crippen LogP contribution in [-0.4, -0.2) is 108 Å². The summed E-state index contributed by atoms with van der Waals surface area (Å²) >= 11 is 1.29. The molecule has 0 aliphatic carbocycles. The minimum atomic E-state index is -4.99. The quantitative estimate of drug-likeness (QED) is 0.138. The molecule has 97 heavy (non-hydrogen) atoms. The number of sulfone groups is 2. The van der Waals surface area contributed by atoms with Crippen LogP contribution in [0.1, 0.15) is 232 Å². The summed E-state index contributed by atoms with van der Waals surface area (Å²) in [4.78, 5) is 0. The van der Waals surface area contributed by atoms with E-state index < -0.39 is 74.5 Å². The van der Waals surface area contributed by atoms with Crippen molar-refractivity contribution in [1.29, 1.82) is 0 Å². The first-order valence-corrected chi connectivity index (χ1v) is 35.0. The first-order chi connectivity index (χ1) is 43.2. The Bertz CT molecular complexity index is 4040. The molecule has 0 N–H and O–H groups in total. The van der Waals surface area contributed by atoms with Crippen LogP contribution in [-0.2, 0) is 63.1 Å². The predicted molar refractivity (Wildman–Crippen MR) is 365 cm³/mol. The summed E-state index contributed by atoms with van der Waals surface area (Å²) in [5.74, 6) is 2.22. The van der Waals surface area contributed by atoms with Crippen LogP contribution in [0.25, 0.3) is 11.5 Å². The Morgan fingerprint density at radius 2 is 0.866 bits per heavy atom. The normalized spacial score (nSPS) is 16.0. The van der Waals surface area contributed by atoms with E-state index in [1.54, 1.807) is 55.4 Å². The molecule has 0 bridgehead atoms. The van der Waals surface area contributed by atoms with Crippen LogP contribution in [0.5, 0.6) is 0 Å². The molecular weight excluding hydrogens is 1360 g/mol. The molecule has 0 fully saturated rings. The van der Waals surface area contributed by atoms with Gasteiger partial charge in [0.15, 0.2) is 15.1 Å². The van der Waals surface area contributed by atoms with Crippen molar-refractivity contribution in [2.45, 2.75) is 240 Å². The molecule has 0 saturated heterocycles. The molecule has 0 amide bonds. The fourth-order valence-electron chi connectivity index (χ4n) is 7.16. The van der Waals surface area contributed by atoms with Crippen LogP contribution in [0.4, 0.5) is 26.3 Å². The minimum absolute atomic E-state index is 0.0141. The summed E-state index contributed by atoms with van der Waals surface area (Å²) in [7, 11) is -11.4. The van der Waals surface area contributed by atoms with Crippen LogP contribution >= 0.6 is 11.7 Å². The van der Waals surface area contributed by atoms with Crippen molar-refractivity contribution in [2.75, 3.05) is 0 Å². The van der Waals surface area contributed by atoms with E-state index in [9.17, 15) is 51.6 Å². The monoisotopic (exact) mass is 1450 g/mol. The second kappa shape index (κ2) is 31.4. The average molecular weight is 1450 g/mol. The maximum absolute atomic E-state index is 12.2. The molecule has 25 nitrogen and oxygen atoms in total. The highest BCUT2D eigenvalue weighted by molar-refractivity contribution is 8.20. The maximum atomic E-state index is 12.2. The Balaban J connectivity index is 0.000000379. The van der Waals surface area contributed by atoms with Gasteiger partial charge in [0.1, 0.15) is 5.76 Å². The van der Waals surface area contributed by atoms with Gasteiger partial charge in [-0.25, -0.2) is 16.8 Å². The number of rotatable bonds is 1. The van der Waals surface area contributed by atoms with Gasteiger partial charge in [0.25, 0.3) is 5.04 Å². The van der Waals surface area contributed by atoms with E-state index in [0.717, 1.165) is 28.4 Å². The lowest BCUT2D eigenvalue weighted by atomic mass is 9.88. The van der Waals surface area contributed by atoms with Gasteiger partial charge in [-0.2, -0.15) is 43.5 Å². The third-order valence-corrected chi connectivity index (χ3v) is 17.6. The molecule has 0 atom stereocenters. The lowest BCUT2D eigenvalue weighted by Crippen LogP contribution is -2.37. The average Bonchev–Trinajstić information content (AvgIpc) is 1.63. The molecule has 0 spiro atoms. The van der Waals surface area contributed by atoms with Crippen LogP contribution in [0.15, 0.2) is 83.4 Å². The topological polar surface area (TPSA) is 345 Å². The largest absolute Gasteiger partial charge is 0.470 e. The van der Waals surface area contributed by atoms with E-state index in [1.165, 1.54) is 39.4 Å². The third kappa shape index (κ3) is 26.6. The highest BCUT2D eigenvalue weighted by Gasteiger charge is 2.52. The Labute approximate surface area is 570 Å². The zero-order chi connectivity index (χ0) is 75.7. The van der Waals surface area contributed by atoms with E-state index in [4.69, 9.17) is 13.4 Å². The van der Waals surface area contributed by atoms with Crippen LogP contribution in [0.2, 0.25) is 0 Å². The van der Waals surface area contributed by atoms with Gasteiger partial charge in [0.2, 0.25) is 49.1 Å². The molecule has 6 aromatic rings. The van der Waals surface area contributed by atoms with Crippen molar-refractivity contribution in [3.05, 3.63) is 88.7 Å². The minimum Gasteiger partial charge on any atom is -0.425 e. The molecule has 35 heteroatoms. The summed E-state index contributed by atoms with van der Waals surface area (Å²) in [5, 5.41) is 36.6. The van der Waals surface area contributed by atoms with Crippen molar-refractivity contribution in [1.82, 2.24) is 44.5 Å². The van der Waals surface area contributed by atoms with Crippen molar-refractivity contribution in [3.63, 3.8) is 0 Å². The number of halogens is 6. The first-order valence-electron chi connectivity index (χ1n) is 29.9. The molecule has 3 aliphatic heterocycles. The number of hydrogen-bond donors (Lipinski definition) is 0. The molecular formula is C62H93F6N15O10S4. The molecule has 0 saturated carbocycles. The van der Waals surface area contributed by atoms with Gasteiger partial charge >= 0.3 is 28.5 Å². The Morgan fingerprint density at radius 3 is 1.11 bits per heavy atom. The summed E-state index contributed by atoms with van der Waals surface area (Å²) in [5.41, 5.74) is 3.01. The van der Waals surface area contributed by atoms with E-state index >= 15 is 0 Å². The fourth-order valence-corrected chi connectivity index (χ4v) is 12.0. The van der Waals surface area contributed by atoms with Gasteiger partial charge < -0.3 is 17.8 Å².